The molecule has 0 aromatic carbocycles. The zero-order valence-corrected chi connectivity index (χ0v) is 16.3. The van der Waals surface area contributed by atoms with Crippen molar-refractivity contribution >= 4 is 22.7 Å². The molecule has 1 aliphatic heterocycles. The highest BCUT2D eigenvalue weighted by Crippen LogP contribution is 2.15. The molecule has 1 fully saturated rings. The minimum atomic E-state index is -0.0401. The molecule has 1 saturated heterocycles. The summed E-state index contributed by atoms with van der Waals surface area (Å²) in [5.41, 5.74) is 1.41. The minimum absolute atomic E-state index is 0.0401. The normalized spacial score (nSPS) is 17.9. The number of aryl methyl sites for hydroxylation is 1. The number of anilines is 2. The molecule has 0 radical (unpaired) electrons. The van der Waals surface area contributed by atoms with Crippen molar-refractivity contribution < 1.29 is 0 Å². The second-order valence-corrected chi connectivity index (χ2v) is 7.13. The monoisotopic (exact) mass is 382 g/mol. The number of hydrogen-bond acceptors (Lipinski definition) is 7. The van der Waals surface area contributed by atoms with Gasteiger partial charge in [-0.1, -0.05) is 6.92 Å². The van der Waals surface area contributed by atoms with Crippen LogP contribution in [0.1, 0.15) is 13.3 Å². The average Bonchev–Trinajstić information content (AvgIpc) is 3.12. The van der Waals surface area contributed by atoms with E-state index < -0.39 is 0 Å². The van der Waals surface area contributed by atoms with Crippen molar-refractivity contribution in [2.24, 2.45) is 7.05 Å². The average molecular weight is 382 g/mol. The van der Waals surface area contributed by atoms with E-state index in [1.807, 2.05) is 13.2 Å². The van der Waals surface area contributed by atoms with Gasteiger partial charge in [0.15, 0.2) is 0 Å². The van der Waals surface area contributed by atoms with Gasteiger partial charge in [0.05, 0.1) is 11.9 Å². The van der Waals surface area contributed by atoms with Gasteiger partial charge in [-0.25, -0.2) is 4.98 Å². The largest absolute Gasteiger partial charge is 0.321 e. The predicted octanol–water partition coefficient (Wildman–Crippen LogP) is 0.952. The first-order valence-electron chi connectivity index (χ1n) is 9.71. The number of nitrogens with one attached hydrogen (secondary N) is 2. The molecule has 4 heterocycles. The lowest BCUT2D eigenvalue weighted by Crippen LogP contribution is -2.52. The summed E-state index contributed by atoms with van der Waals surface area (Å²) < 4.78 is 3.46. The number of fused-ring (bicyclic) bond motifs is 1. The lowest BCUT2D eigenvalue weighted by molar-refractivity contribution is 0.151. The summed E-state index contributed by atoms with van der Waals surface area (Å²) in [4.78, 5) is 24.0. The van der Waals surface area contributed by atoms with E-state index in [0.29, 0.717) is 24.2 Å². The molecule has 3 aromatic heterocycles. The molecule has 148 valence electrons. The summed E-state index contributed by atoms with van der Waals surface area (Å²) in [5, 5.41) is 11.6. The summed E-state index contributed by atoms with van der Waals surface area (Å²) in [6, 6.07) is 3.88. The topological polar surface area (TPSA) is 92.9 Å². The van der Waals surface area contributed by atoms with E-state index in [4.69, 9.17) is 0 Å². The van der Waals surface area contributed by atoms with E-state index >= 15 is 0 Å². The Morgan fingerprint density at radius 3 is 2.96 bits per heavy atom. The molecule has 1 aliphatic rings. The van der Waals surface area contributed by atoms with Gasteiger partial charge in [-0.15, -0.1) is 0 Å². The van der Waals surface area contributed by atoms with Crippen molar-refractivity contribution in [1.29, 1.82) is 0 Å². The van der Waals surface area contributed by atoms with Crippen LogP contribution in [0.3, 0.4) is 0 Å². The quantitative estimate of drug-likeness (QED) is 0.656. The van der Waals surface area contributed by atoms with Gasteiger partial charge < -0.3 is 10.6 Å². The number of aromatic nitrogens is 5. The highest BCUT2D eigenvalue weighted by Gasteiger charge is 2.20. The van der Waals surface area contributed by atoms with Crippen molar-refractivity contribution in [2.45, 2.75) is 25.9 Å². The van der Waals surface area contributed by atoms with Crippen LogP contribution in [-0.4, -0.2) is 61.4 Å². The molecule has 0 aliphatic carbocycles. The second-order valence-electron chi connectivity index (χ2n) is 7.13. The maximum Gasteiger partial charge on any atom is 0.252 e. The van der Waals surface area contributed by atoms with Crippen LogP contribution in [0.25, 0.3) is 11.0 Å². The Labute approximate surface area is 163 Å². The van der Waals surface area contributed by atoms with Crippen LogP contribution in [0, 0.1) is 0 Å². The van der Waals surface area contributed by atoms with Gasteiger partial charge in [-0.05, 0) is 12.5 Å². The summed E-state index contributed by atoms with van der Waals surface area (Å²) in [7, 11) is 1.85. The fourth-order valence-electron chi connectivity index (χ4n) is 3.69. The van der Waals surface area contributed by atoms with Crippen LogP contribution in [-0.2, 0) is 13.6 Å². The fraction of sp³-hybridized carbons (Fsp3) is 0.474. The molecule has 1 atom stereocenters. The van der Waals surface area contributed by atoms with Crippen molar-refractivity contribution in [3.63, 3.8) is 0 Å². The summed E-state index contributed by atoms with van der Waals surface area (Å²) >= 11 is 0. The Morgan fingerprint density at radius 1 is 1.29 bits per heavy atom. The van der Waals surface area contributed by atoms with Crippen LogP contribution in [0.4, 0.5) is 11.6 Å². The molecule has 2 N–H and O–H groups in total. The molecule has 0 saturated carbocycles. The second kappa shape index (κ2) is 8.07. The molecule has 9 nitrogen and oxygen atoms in total. The SMILES string of the molecule is CCC1CNCCN1CCn1c(=O)ccc2cnc(Nc3cnn(C)c3)nc21. The highest BCUT2D eigenvalue weighted by atomic mass is 16.1. The van der Waals surface area contributed by atoms with Gasteiger partial charge in [0.2, 0.25) is 5.95 Å². The van der Waals surface area contributed by atoms with E-state index in [2.05, 4.69) is 37.5 Å². The summed E-state index contributed by atoms with van der Waals surface area (Å²) in [6.07, 6.45) is 6.40. The Kier molecular flexibility index (Phi) is 5.36. The molecular formula is C19H26N8O. The van der Waals surface area contributed by atoms with E-state index in [9.17, 15) is 4.79 Å². The lowest BCUT2D eigenvalue weighted by Gasteiger charge is -2.35. The zero-order chi connectivity index (χ0) is 19.5. The predicted molar refractivity (Wildman–Crippen MR) is 109 cm³/mol. The lowest BCUT2D eigenvalue weighted by atomic mass is 10.1. The smallest absolute Gasteiger partial charge is 0.252 e. The number of pyridine rings is 1. The highest BCUT2D eigenvalue weighted by molar-refractivity contribution is 5.75. The molecule has 0 spiro atoms. The zero-order valence-electron chi connectivity index (χ0n) is 16.3. The molecule has 0 bridgehead atoms. The van der Waals surface area contributed by atoms with Gasteiger partial charge >= 0.3 is 0 Å². The molecule has 28 heavy (non-hydrogen) atoms. The van der Waals surface area contributed by atoms with Crippen molar-refractivity contribution in [1.82, 2.24) is 34.5 Å². The Balaban J connectivity index is 1.60. The first kappa shape index (κ1) is 18.6. The van der Waals surface area contributed by atoms with Gasteiger partial charge in [0, 0.05) is 69.7 Å². The standard InChI is InChI=1S/C19H26N8O/c1-3-16-12-20-6-7-26(16)8-9-27-17(28)5-4-14-10-21-19(24-18(14)27)23-15-11-22-25(2)13-15/h4-5,10-11,13,16,20H,3,6-9,12H2,1-2H3,(H,21,23,24). The first-order chi connectivity index (χ1) is 13.6. The minimum Gasteiger partial charge on any atom is -0.321 e. The maximum atomic E-state index is 12.6. The van der Waals surface area contributed by atoms with Crippen LogP contribution >= 0.6 is 0 Å². The van der Waals surface area contributed by atoms with Crippen molar-refractivity contribution in [2.75, 3.05) is 31.5 Å². The molecule has 4 rings (SSSR count). The number of nitrogens with zero attached hydrogens (tertiary/aromatic N) is 6. The molecule has 9 heteroatoms. The Bertz CT molecular complexity index is 1010. The molecular weight excluding hydrogens is 356 g/mol. The Morgan fingerprint density at radius 2 is 2.18 bits per heavy atom. The van der Waals surface area contributed by atoms with Crippen LogP contribution < -0.4 is 16.2 Å². The van der Waals surface area contributed by atoms with Gasteiger partial charge in [0.1, 0.15) is 5.65 Å². The van der Waals surface area contributed by atoms with E-state index in [1.165, 1.54) is 0 Å². The molecule has 3 aromatic rings. The first-order valence-corrected chi connectivity index (χ1v) is 9.71. The number of hydrogen-bond donors (Lipinski definition) is 2. The van der Waals surface area contributed by atoms with Crippen LogP contribution in [0.2, 0.25) is 0 Å². The molecule has 0 amide bonds. The van der Waals surface area contributed by atoms with E-state index in [-0.39, 0.29) is 5.56 Å². The third kappa shape index (κ3) is 3.90. The van der Waals surface area contributed by atoms with E-state index in [0.717, 1.165) is 43.7 Å². The van der Waals surface area contributed by atoms with Crippen LogP contribution in [0.15, 0.2) is 35.5 Å². The van der Waals surface area contributed by atoms with Gasteiger partial charge in [-0.3, -0.25) is 18.9 Å². The molecule has 1 unspecified atom stereocenters. The number of rotatable bonds is 6. The van der Waals surface area contributed by atoms with Gasteiger partial charge in [0.25, 0.3) is 5.56 Å². The van der Waals surface area contributed by atoms with E-state index in [1.54, 1.807) is 33.8 Å². The Hall–Kier alpha value is -2.78. The third-order valence-corrected chi connectivity index (χ3v) is 5.24. The fourth-order valence-corrected chi connectivity index (χ4v) is 3.69. The van der Waals surface area contributed by atoms with Crippen LogP contribution in [0.5, 0.6) is 0 Å². The maximum absolute atomic E-state index is 12.6. The van der Waals surface area contributed by atoms with Crippen molar-refractivity contribution in [3.05, 3.63) is 41.1 Å². The van der Waals surface area contributed by atoms with Crippen molar-refractivity contribution in [3.8, 4) is 0 Å². The van der Waals surface area contributed by atoms with Gasteiger partial charge in [-0.2, -0.15) is 10.1 Å². The third-order valence-electron chi connectivity index (χ3n) is 5.24. The number of piperazine rings is 1. The summed E-state index contributed by atoms with van der Waals surface area (Å²) in [6.45, 7) is 6.63. The summed E-state index contributed by atoms with van der Waals surface area (Å²) in [5.74, 6) is 0.452.